The van der Waals surface area contributed by atoms with Gasteiger partial charge in [0.2, 0.25) is 5.95 Å². The molecular formula is C27H42N6O4. The van der Waals surface area contributed by atoms with Crippen LogP contribution in [-0.2, 0) is 17.7 Å². The molecule has 204 valence electrons. The third kappa shape index (κ3) is 8.19. The van der Waals surface area contributed by atoms with Gasteiger partial charge in [-0.1, -0.05) is 12.1 Å². The number of anilines is 2. The molecule has 0 spiro atoms. The number of nitrogen functional groups attached to an aromatic ring is 1. The maximum atomic E-state index is 12.1. The highest BCUT2D eigenvalue weighted by atomic mass is 16.6. The summed E-state index contributed by atoms with van der Waals surface area (Å²) in [5.74, 6) is 1.73. The fourth-order valence-corrected chi connectivity index (χ4v) is 4.23. The highest BCUT2D eigenvalue weighted by Crippen LogP contribution is 2.28. The van der Waals surface area contributed by atoms with E-state index in [4.69, 9.17) is 20.3 Å². The van der Waals surface area contributed by atoms with Gasteiger partial charge in [-0.15, -0.1) is 0 Å². The van der Waals surface area contributed by atoms with E-state index < -0.39 is 5.60 Å². The molecule has 2 heterocycles. The van der Waals surface area contributed by atoms with Crippen molar-refractivity contribution in [3.05, 3.63) is 40.6 Å². The number of benzene rings is 1. The van der Waals surface area contributed by atoms with E-state index in [0.29, 0.717) is 38.3 Å². The van der Waals surface area contributed by atoms with Crippen LogP contribution in [0.25, 0.3) is 0 Å². The van der Waals surface area contributed by atoms with Crippen molar-refractivity contribution >= 4 is 17.9 Å². The van der Waals surface area contributed by atoms with Crippen LogP contribution in [0.15, 0.2) is 18.2 Å². The summed E-state index contributed by atoms with van der Waals surface area (Å²) in [5, 5.41) is 16.1. The zero-order chi connectivity index (χ0) is 27.2. The van der Waals surface area contributed by atoms with Crippen molar-refractivity contribution in [2.45, 2.75) is 78.1 Å². The average molecular weight is 515 g/mol. The van der Waals surface area contributed by atoms with Gasteiger partial charge in [0.25, 0.3) is 0 Å². The Hall–Kier alpha value is -3.11. The lowest BCUT2D eigenvalue weighted by Crippen LogP contribution is -2.60. The molecule has 1 saturated heterocycles. The monoisotopic (exact) mass is 514 g/mol. The Morgan fingerprint density at radius 3 is 2.68 bits per heavy atom. The van der Waals surface area contributed by atoms with Crippen molar-refractivity contribution < 1.29 is 19.4 Å². The molecule has 0 aliphatic carbocycles. The second kappa shape index (κ2) is 12.4. The average Bonchev–Trinajstić information content (AvgIpc) is 2.78. The number of carbonyl (C=O) groups excluding carboxylic acids is 1. The summed E-state index contributed by atoms with van der Waals surface area (Å²) in [5.41, 5.74) is 9.35. The first kappa shape index (κ1) is 28.5. The molecule has 1 aliphatic heterocycles. The molecule has 2 aromatic rings. The largest absolute Gasteiger partial charge is 0.496 e. The molecule has 5 N–H and O–H groups in total. The number of rotatable bonds is 11. The molecule has 1 fully saturated rings. The predicted molar refractivity (Wildman–Crippen MR) is 145 cm³/mol. The summed E-state index contributed by atoms with van der Waals surface area (Å²) < 4.78 is 11.1. The number of nitrogens with zero attached hydrogens (tertiary/aromatic N) is 3. The van der Waals surface area contributed by atoms with Gasteiger partial charge >= 0.3 is 6.09 Å². The number of ether oxygens (including phenoxy) is 2. The molecule has 0 bridgehead atoms. The molecule has 10 heteroatoms. The zero-order valence-corrected chi connectivity index (χ0v) is 22.9. The summed E-state index contributed by atoms with van der Waals surface area (Å²) in [7, 11) is 1.67. The van der Waals surface area contributed by atoms with Crippen LogP contribution in [0.2, 0.25) is 0 Å². The number of amides is 1. The Balaban J connectivity index is 1.63. The van der Waals surface area contributed by atoms with Crippen LogP contribution < -0.4 is 21.1 Å². The van der Waals surface area contributed by atoms with Gasteiger partial charge in [-0.25, -0.2) is 9.78 Å². The number of nitrogens with one attached hydrogen (secondary N) is 2. The number of nitrogens with two attached hydrogens (primary N) is 1. The van der Waals surface area contributed by atoms with E-state index in [0.717, 1.165) is 34.6 Å². The predicted octanol–water partition coefficient (Wildman–Crippen LogP) is 3.25. The lowest BCUT2D eigenvalue weighted by molar-refractivity contribution is 0.00518. The topological polar surface area (TPSA) is 135 Å². The first-order valence-corrected chi connectivity index (χ1v) is 12.9. The van der Waals surface area contributed by atoms with E-state index in [1.54, 1.807) is 12.0 Å². The van der Waals surface area contributed by atoms with Gasteiger partial charge in [0.05, 0.1) is 7.11 Å². The summed E-state index contributed by atoms with van der Waals surface area (Å²) in [6.07, 6.45) is 1.85. The van der Waals surface area contributed by atoms with Crippen LogP contribution in [0.3, 0.4) is 0 Å². The molecule has 0 unspecified atom stereocenters. The number of carbonyl (C=O) groups is 1. The quantitative estimate of drug-likeness (QED) is 0.356. The Bertz CT molecular complexity index is 1070. The fraction of sp³-hybridized carbons (Fsp3) is 0.593. The van der Waals surface area contributed by atoms with E-state index in [2.05, 4.69) is 39.7 Å². The van der Waals surface area contributed by atoms with Gasteiger partial charge in [0.1, 0.15) is 17.2 Å². The number of aliphatic hydroxyl groups is 1. The molecule has 1 aliphatic rings. The zero-order valence-electron chi connectivity index (χ0n) is 22.9. The van der Waals surface area contributed by atoms with Crippen LogP contribution in [0.5, 0.6) is 5.75 Å². The van der Waals surface area contributed by atoms with Gasteiger partial charge in [0.15, 0.2) is 0 Å². The lowest BCUT2D eigenvalue weighted by atomic mass is 10.0. The molecule has 0 saturated carbocycles. The molecule has 1 atom stereocenters. The number of methoxy groups -OCH3 is 1. The first-order chi connectivity index (χ1) is 17.5. The third-order valence-corrected chi connectivity index (χ3v) is 6.26. The molecule has 1 aromatic heterocycles. The number of hydrogen-bond donors (Lipinski definition) is 4. The molecular weight excluding hydrogens is 472 g/mol. The van der Waals surface area contributed by atoms with Crippen molar-refractivity contribution in [2.24, 2.45) is 0 Å². The molecule has 3 rings (SSSR count). The Morgan fingerprint density at radius 2 is 2.03 bits per heavy atom. The second-order valence-electron chi connectivity index (χ2n) is 10.7. The number of aryl methyl sites for hydroxylation is 1. The minimum absolute atomic E-state index is 0.132. The maximum absolute atomic E-state index is 12.1. The van der Waals surface area contributed by atoms with Gasteiger partial charge in [-0.05, 0) is 64.7 Å². The van der Waals surface area contributed by atoms with Crippen LogP contribution >= 0.6 is 0 Å². The van der Waals surface area contributed by atoms with Crippen LogP contribution in [0.1, 0.15) is 62.9 Å². The van der Waals surface area contributed by atoms with Crippen LogP contribution in [0, 0.1) is 6.92 Å². The Labute approximate surface area is 220 Å². The maximum Gasteiger partial charge on any atom is 0.410 e. The normalized spacial score (nSPS) is 14.7. The van der Waals surface area contributed by atoms with Crippen LogP contribution in [-0.4, -0.2) is 70.6 Å². The van der Waals surface area contributed by atoms with Gasteiger partial charge < -0.3 is 35.8 Å². The van der Waals surface area contributed by atoms with Crippen LogP contribution in [0.4, 0.5) is 16.6 Å². The minimum atomic E-state index is -0.486. The fourth-order valence-electron chi connectivity index (χ4n) is 4.23. The van der Waals surface area contributed by atoms with E-state index in [9.17, 15) is 4.79 Å². The van der Waals surface area contributed by atoms with Crippen molar-refractivity contribution in [3.63, 3.8) is 0 Å². The number of likely N-dealkylation sites (tertiary alicyclic amines) is 1. The summed E-state index contributed by atoms with van der Waals surface area (Å²) >= 11 is 0. The standard InChI is InChI=1S/C27H42N6O4/c1-17(8-7-11-34)30-24-22(18(2)31-25(28)32-24)13-20-10-9-19(12-23(20)36-6)14-29-21-15-33(16-21)26(35)37-27(3,4)5/h9-10,12,17,21,29,34H,7-8,11,13-16H2,1-6H3,(H3,28,30,31,32)/t17-/m0/s1. The van der Waals surface area contributed by atoms with Gasteiger partial charge in [-0.2, -0.15) is 4.98 Å². The highest BCUT2D eigenvalue weighted by Gasteiger charge is 2.33. The second-order valence-corrected chi connectivity index (χ2v) is 10.7. The first-order valence-electron chi connectivity index (χ1n) is 12.9. The van der Waals surface area contributed by atoms with Gasteiger partial charge in [0, 0.05) is 56.0 Å². The molecule has 10 nitrogen and oxygen atoms in total. The smallest absolute Gasteiger partial charge is 0.410 e. The summed E-state index contributed by atoms with van der Waals surface area (Å²) in [6, 6.07) is 6.55. The SMILES string of the molecule is COc1cc(CNC2CN(C(=O)OC(C)(C)C)C2)ccc1Cc1c(C)nc(N)nc1N[C@@H](C)CCCO. The van der Waals surface area contributed by atoms with Crippen molar-refractivity contribution in [1.82, 2.24) is 20.2 Å². The molecule has 1 aromatic carbocycles. The van der Waals surface area contributed by atoms with Crippen molar-refractivity contribution in [2.75, 3.05) is 37.9 Å². The molecule has 0 radical (unpaired) electrons. The third-order valence-electron chi connectivity index (χ3n) is 6.26. The summed E-state index contributed by atoms with van der Waals surface area (Å²) in [4.78, 5) is 22.7. The summed E-state index contributed by atoms with van der Waals surface area (Å²) in [6.45, 7) is 11.7. The Morgan fingerprint density at radius 1 is 1.30 bits per heavy atom. The highest BCUT2D eigenvalue weighted by molar-refractivity contribution is 5.69. The van der Waals surface area contributed by atoms with Gasteiger partial charge in [-0.3, -0.25) is 0 Å². The number of hydrogen-bond acceptors (Lipinski definition) is 9. The van der Waals surface area contributed by atoms with Crippen molar-refractivity contribution in [1.29, 1.82) is 0 Å². The lowest BCUT2D eigenvalue weighted by Gasteiger charge is -2.40. The van der Waals surface area contributed by atoms with E-state index in [1.165, 1.54) is 0 Å². The van der Waals surface area contributed by atoms with E-state index in [-0.39, 0.29) is 30.7 Å². The minimum Gasteiger partial charge on any atom is -0.496 e. The van der Waals surface area contributed by atoms with E-state index in [1.807, 2.05) is 33.8 Å². The van der Waals surface area contributed by atoms with Crippen molar-refractivity contribution in [3.8, 4) is 5.75 Å². The number of aliphatic hydroxyl groups excluding tert-OH is 1. The molecule has 37 heavy (non-hydrogen) atoms. The molecule has 1 amide bonds. The van der Waals surface area contributed by atoms with E-state index >= 15 is 0 Å². The Kier molecular flexibility index (Phi) is 9.56. The number of aromatic nitrogens is 2.